The van der Waals surface area contributed by atoms with Crippen LogP contribution in [0.4, 0.5) is 11.4 Å². The number of fused-ring (bicyclic) bond motifs is 6. The fourth-order valence-electron chi connectivity index (χ4n) is 8.33. The van der Waals surface area contributed by atoms with Gasteiger partial charge in [-0.3, -0.25) is 9.59 Å². The van der Waals surface area contributed by atoms with Crippen molar-refractivity contribution in [3.63, 3.8) is 0 Å². The summed E-state index contributed by atoms with van der Waals surface area (Å²) in [6.07, 6.45) is 5.30. The zero-order valence-corrected chi connectivity index (χ0v) is 30.8. The second kappa shape index (κ2) is 12.6. The van der Waals surface area contributed by atoms with E-state index in [0.717, 1.165) is 33.4 Å². The van der Waals surface area contributed by atoms with Crippen LogP contribution in [-0.4, -0.2) is 58.3 Å². The lowest BCUT2D eigenvalue weighted by Crippen LogP contribution is -2.32. The Kier molecular flexibility index (Phi) is 8.54. The number of allylic oxidation sites excluding steroid dienone is 5. The molecule has 1 aliphatic carbocycles. The molecule has 0 atom stereocenters. The molecule has 52 heavy (non-hydrogen) atoms. The van der Waals surface area contributed by atoms with Gasteiger partial charge in [-0.15, -0.1) is 0 Å². The number of hydrogen-bond donors (Lipinski definition) is 2. The molecule has 0 saturated carbocycles. The topological polar surface area (TPSA) is 138 Å². The third kappa shape index (κ3) is 5.47. The number of anilines is 1. The number of ketones is 1. The van der Waals surface area contributed by atoms with E-state index in [1.54, 1.807) is 30.3 Å². The highest BCUT2D eigenvalue weighted by Gasteiger charge is 2.48. The van der Waals surface area contributed by atoms with Gasteiger partial charge in [0, 0.05) is 52.9 Å². The van der Waals surface area contributed by atoms with Gasteiger partial charge < -0.3 is 19.7 Å². The van der Waals surface area contributed by atoms with E-state index in [0.29, 0.717) is 54.4 Å². The number of nitrogens with zero attached hydrogens (tertiary/aromatic N) is 2. The maximum atomic E-state index is 14.0. The van der Waals surface area contributed by atoms with E-state index in [1.807, 2.05) is 36.6 Å². The van der Waals surface area contributed by atoms with Crippen LogP contribution in [0.2, 0.25) is 0 Å². The monoisotopic (exact) mass is 718 g/mol. The average molecular weight is 719 g/mol. The number of hydrogen-bond acceptors (Lipinski definition) is 7. The molecule has 2 heterocycles. The van der Waals surface area contributed by atoms with Crippen LogP contribution in [0, 0.1) is 0 Å². The lowest BCUT2D eigenvalue weighted by molar-refractivity contribution is -0.436. The highest BCUT2D eigenvalue weighted by Crippen LogP contribution is 2.52. The molecule has 0 fully saturated rings. The fraction of sp³-hybridized carbons (Fsp3) is 0.310. The maximum Gasteiger partial charge on any atom is 0.303 e. The third-order valence-electron chi connectivity index (χ3n) is 11.0. The number of rotatable bonds is 10. The van der Waals surface area contributed by atoms with Crippen molar-refractivity contribution in [3.05, 3.63) is 113 Å². The van der Waals surface area contributed by atoms with Crippen LogP contribution in [-0.2, 0) is 30.5 Å². The Bertz CT molecular complexity index is 2470. The molecular formula is C42H42N2O7S. The minimum atomic E-state index is -4.83. The summed E-state index contributed by atoms with van der Waals surface area (Å²) in [5, 5.41) is 23.9. The molecule has 2 aliphatic heterocycles. The summed E-state index contributed by atoms with van der Waals surface area (Å²) >= 11 is 0. The van der Waals surface area contributed by atoms with Crippen molar-refractivity contribution in [3.8, 4) is 0 Å². The quantitative estimate of drug-likeness (QED) is 0.0730. The second-order valence-corrected chi connectivity index (χ2v) is 16.2. The Hall–Kier alpha value is -5.06. The Labute approximate surface area is 303 Å². The zero-order chi connectivity index (χ0) is 37.3. The van der Waals surface area contributed by atoms with Crippen LogP contribution in [0.1, 0.15) is 71.4 Å². The van der Waals surface area contributed by atoms with Gasteiger partial charge in [-0.1, -0.05) is 68.4 Å². The van der Waals surface area contributed by atoms with Crippen molar-refractivity contribution in [1.82, 2.24) is 0 Å². The standard InChI is InChI=1S/C42H42N2O7S/c1-6-43-34(41(2,3)31-20-19-25-14-9-10-15-26(25)37(31)43)22-29-39(47)30(40(29)48)23-35-42(4,5)32-24-33(52(49,50)51)27-16-11-12-17-28(27)38(32)44(35)21-13-7-8-18-36(45)46/h9-12,14-17,19-20,22-24H,6-8,13,18,21H2,1-5H3,(H2-,45,46,47,48,49,50,51). The molecule has 0 spiro atoms. The van der Waals surface area contributed by atoms with Crippen LogP contribution in [0.15, 0.2) is 106 Å². The molecule has 268 valence electrons. The van der Waals surface area contributed by atoms with Gasteiger partial charge in [-0.05, 0) is 62.8 Å². The maximum absolute atomic E-state index is 14.0. The van der Waals surface area contributed by atoms with Gasteiger partial charge in [0.2, 0.25) is 11.5 Å². The number of carboxylic acids is 1. The number of carboxylic acid groups (broad SMARTS) is 1. The van der Waals surface area contributed by atoms with Crippen molar-refractivity contribution in [2.45, 2.75) is 76.0 Å². The van der Waals surface area contributed by atoms with E-state index in [2.05, 4.69) is 49.9 Å². The van der Waals surface area contributed by atoms with Gasteiger partial charge in [0.1, 0.15) is 22.4 Å². The first-order valence-corrected chi connectivity index (χ1v) is 19.1. The highest BCUT2D eigenvalue weighted by molar-refractivity contribution is 7.86. The normalized spacial score (nSPS) is 19.3. The molecule has 3 aliphatic rings. The Morgan fingerprint density at radius 1 is 0.885 bits per heavy atom. The zero-order valence-electron chi connectivity index (χ0n) is 30.0. The molecule has 7 rings (SSSR count). The first kappa shape index (κ1) is 35.3. The van der Waals surface area contributed by atoms with Crippen LogP contribution in [0.3, 0.4) is 0 Å². The number of Topliss-reactive ketones (excluding diaryl/α,β-unsaturated/α-hetero) is 1. The van der Waals surface area contributed by atoms with Gasteiger partial charge in [0.25, 0.3) is 0 Å². The SMILES string of the molecule is CCN1C(=CC2=C(O)C(=CC3=[N+](CCCCCC(=O)O)c4c(cc(S(=O)(=O)[O-])c5ccccc45)C3(C)C)C2=O)C(C)(C)c2ccc3ccccc3c21. The molecule has 0 unspecified atom stereocenters. The van der Waals surface area contributed by atoms with Crippen molar-refractivity contribution in [2.75, 3.05) is 18.0 Å². The largest absolute Gasteiger partial charge is 0.744 e. The number of aliphatic carboxylic acids is 1. The van der Waals surface area contributed by atoms with Crippen LogP contribution in [0.25, 0.3) is 21.5 Å². The summed E-state index contributed by atoms with van der Waals surface area (Å²) in [6.45, 7) is 11.3. The molecule has 4 aromatic carbocycles. The van der Waals surface area contributed by atoms with E-state index in [-0.39, 0.29) is 34.0 Å². The fourth-order valence-corrected chi connectivity index (χ4v) is 9.04. The van der Waals surface area contributed by atoms with E-state index in [4.69, 9.17) is 5.11 Å². The minimum Gasteiger partial charge on any atom is -0.744 e. The second-order valence-electron chi connectivity index (χ2n) is 14.9. The van der Waals surface area contributed by atoms with E-state index >= 15 is 0 Å². The van der Waals surface area contributed by atoms with Crippen molar-refractivity contribution in [2.24, 2.45) is 0 Å². The summed E-state index contributed by atoms with van der Waals surface area (Å²) < 4.78 is 39.6. The summed E-state index contributed by atoms with van der Waals surface area (Å²) in [7, 11) is -4.83. The van der Waals surface area contributed by atoms with Crippen LogP contribution < -0.4 is 4.90 Å². The summed E-state index contributed by atoms with van der Waals surface area (Å²) in [5.74, 6) is -1.27. The Morgan fingerprint density at radius 3 is 2.21 bits per heavy atom. The summed E-state index contributed by atoms with van der Waals surface area (Å²) in [6, 6.07) is 20.8. The molecule has 0 bridgehead atoms. The van der Waals surface area contributed by atoms with Gasteiger partial charge in [0.05, 0.1) is 32.5 Å². The lowest BCUT2D eigenvalue weighted by atomic mass is 9.77. The number of benzene rings is 4. The van der Waals surface area contributed by atoms with Gasteiger partial charge in [-0.2, -0.15) is 4.58 Å². The van der Waals surface area contributed by atoms with E-state index in [9.17, 15) is 27.7 Å². The highest BCUT2D eigenvalue weighted by atomic mass is 32.2. The molecule has 4 aromatic rings. The molecule has 0 saturated heterocycles. The summed E-state index contributed by atoms with van der Waals surface area (Å²) in [4.78, 5) is 27.1. The molecule has 0 amide bonds. The first-order chi connectivity index (χ1) is 24.6. The smallest absolute Gasteiger partial charge is 0.303 e. The van der Waals surface area contributed by atoms with Crippen LogP contribution >= 0.6 is 0 Å². The van der Waals surface area contributed by atoms with Gasteiger partial charge in [-0.25, -0.2) is 8.42 Å². The van der Waals surface area contributed by atoms with Gasteiger partial charge in [0.15, 0.2) is 5.71 Å². The number of likely N-dealkylation sites (N-methyl/N-ethyl adjacent to an activating group) is 1. The number of unbranched alkanes of at least 4 members (excludes halogenated alkanes) is 2. The average Bonchev–Trinajstić information content (AvgIpc) is 3.46. The number of carbonyl (C=O) groups excluding carboxylic acids is 1. The van der Waals surface area contributed by atoms with Gasteiger partial charge >= 0.3 is 5.97 Å². The minimum absolute atomic E-state index is 0.0510. The number of aliphatic hydroxyl groups is 1. The molecular weight excluding hydrogens is 677 g/mol. The van der Waals surface area contributed by atoms with Crippen molar-refractivity contribution in [1.29, 1.82) is 0 Å². The van der Waals surface area contributed by atoms with Crippen molar-refractivity contribution < 1.29 is 37.3 Å². The predicted molar refractivity (Wildman–Crippen MR) is 202 cm³/mol. The summed E-state index contributed by atoms with van der Waals surface area (Å²) in [5.41, 5.74) is 4.26. The molecule has 9 nitrogen and oxygen atoms in total. The molecule has 10 heteroatoms. The molecule has 0 aromatic heterocycles. The Balaban J connectivity index is 1.35. The predicted octanol–water partition coefficient (Wildman–Crippen LogP) is 7.94. The number of carbonyl (C=O) groups is 2. The van der Waals surface area contributed by atoms with E-state index < -0.39 is 26.9 Å². The third-order valence-corrected chi connectivity index (χ3v) is 11.9. The number of aliphatic hydroxyl groups excluding tert-OH is 1. The molecule has 0 radical (unpaired) electrons. The van der Waals surface area contributed by atoms with Crippen molar-refractivity contribution >= 4 is 60.5 Å². The Morgan fingerprint density at radius 2 is 1.56 bits per heavy atom. The molecule has 2 N–H and O–H groups in total. The van der Waals surface area contributed by atoms with Crippen LogP contribution in [0.5, 0.6) is 0 Å². The van der Waals surface area contributed by atoms with E-state index in [1.165, 1.54) is 6.07 Å². The lowest BCUT2D eigenvalue weighted by Gasteiger charge is -2.28. The first-order valence-electron chi connectivity index (χ1n) is 17.7.